The Kier molecular flexibility index (Phi) is 3.99. The molecule has 0 bridgehead atoms. The van der Waals surface area contributed by atoms with Crippen molar-refractivity contribution in [3.05, 3.63) is 34.9 Å². The standard InChI is InChI=1S/C16H22N6/c1-12-7-13(2)22(18-12)10-14(3)20-5-4-6-21-16(11-20)8-15(9-17)19-21/h7-8,14H,4-6,10-11H2,1-3H3/t14-/m0/s1. The SMILES string of the molecule is Cc1cc(C)n(C[C@H](C)N2CCCn3nc(C#N)cc3C2)n1. The van der Waals surface area contributed by atoms with Crippen LogP contribution in [0.4, 0.5) is 0 Å². The van der Waals surface area contributed by atoms with Gasteiger partial charge in [-0.05, 0) is 39.3 Å². The summed E-state index contributed by atoms with van der Waals surface area (Å²) in [7, 11) is 0. The van der Waals surface area contributed by atoms with Crippen molar-refractivity contribution in [3.63, 3.8) is 0 Å². The molecule has 22 heavy (non-hydrogen) atoms. The zero-order chi connectivity index (χ0) is 15.7. The first-order chi connectivity index (χ1) is 10.6. The molecule has 1 aliphatic rings. The maximum absolute atomic E-state index is 9.01. The quantitative estimate of drug-likeness (QED) is 0.867. The molecule has 0 radical (unpaired) electrons. The molecule has 0 fully saturated rings. The molecular weight excluding hydrogens is 276 g/mol. The summed E-state index contributed by atoms with van der Waals surface area (Å²) in [6, 6.07) is 6.55. The van der Waals surface area contributed by atoms with Gasteiger partial charge in [-0.1, -0.05) is 0 Å². The van der Waals surface area contributed by atoms with Gasteiger partial charge in [0.1, 0.15) is 6.07 Å². The van der Waals surface area contributed by atoms with E-state index in [1.807, 2.05) is 17.7 Å². The Balaban J connectivity index is 1.74. The van der Waals surface area contributed by atoms with E-state index in [2.05, 4.69) is 45.8 Å². The van der Waals surface area contributed by atoms with E-state index in [-0.39, 0.29) is 0 Å². The van der Waals surface area contributed by atoms with Gasteiger partial charge in [0.05, 0.1) is 17.9 Å². The summed E-state index contributed by atoms with van der Waals surface area (Å²) in [5.41, 5.74) is 3.92. The smallest absolute Gasteiger partial charge is 0.162 e. The Morgan fingerprint density at radius 2 is 2.09 bits per heavy atom. The zero-order valence-electron chi connectivity index (χ0n) is 13.5. The highest BCUT2D eigenvalue weighted by molar-refractivity contribution is 5.22. The summed E-state index contributed by atoms with van der Waals surface area (Å²) >= 11 is 0. The van der Waals surface area contributed by atoms with E-state index in [1.165, 1.54) is 5.69 Å². The highest BCUT2D eigenvalue weighted by Crippen LogP contribution is 2.17. The molecule has 3 rings (SSSR count). The van der Waals surface area contributed by atoms with Crippen LogP contribution in [0.15, 0.2) is 12.1 Å². The lowest BCUT2D eigenvalue weighted by molar-refractivity contribution is 0.180. The predicted molar refractivity (Wildman–Crippen MR) is 83.1 cm³/mol. The lowest BCUT2D eigenvalue weighted by Gasteiger charge is -2.27. The van der Waals surface area contributed by atoms with Gasteiger partial charge in [0, 0.05) is 31.4 Å². The average Bonchev–Trinajstić information content (AvgIpc) is 2.94. The first kappa shape index (κ1) is 14.8. The Labute approximate surface area is 130 Å². The Morgan fingerprint density at radius 3 is 2.77 bits per heavy atom. The number of hydrogen-bond donors (Lipinski definition) is 0. The molecule has 1 aliphatic heterocycles. The number of hydrogen-bond acceptors (Lipinski definition) is 4. The van der Waals surface area contributed by atoms with Crippen LogP contribution >= 0.6 is 0 Å². The van der Waals surface area contributed by atoms with E-state index >= 15 is 0 Å². The molecule has 0 N–H and O–H groups in total. The van der Waals surface area contributed by atoms with Gasteiger partial charge in [0.2, 0.25) is 0 Å². The van der Waals surface area contributed by atoms with Crippen LogP contribution in [0.1, 0.15) is 36.1 Å². The number of aryl methyl sites for hydroxylation is 3. The van der Waals surface area contributed by atoms with E-state index in [0.717, 1.165) is 44.0 Å². The van der Waals surface area contributed by atoms with Crippen molar-refractivity contribution in [1.29, 1.82) is 5.26 Å². The molecule has 1 atom stereocenters. The predicted octanol–water partition coefficient (Wildman–Crippen LogP) is 1.86. The molecule has 3 heterocycles. The molecule has 2 aromatic rings. The lowest BCUT2D eigenvalue weighted by Crippen LogP contribution is -2.36. The third-order valence-electron chi connectivity index (χ3n) is 4.32. The van der Waals surface area contributed by atoms with Gasteiger partial charge in [-0.15, -0.1) is 0 Å². The minimum absolute atomic E-state index is 0.394. The molecule has 6 nitrogen and oxygen atoms in total. The van der Waals surface area contributed by atoms with E-state index in [0.29, 0.717) is 11.7 Å². The van der Waals surface area contributed by atoms with Crippen LogP contribution in [0, 0.1) is 25.2 Å². The number of rotatable bonds is 3. The van der Waals surface area contributed by atoms with Gasteiger partial charge in [-0.25, -0.2) is 0 Å². The second-order valence-corrected chi connectivity index (χ2v) is 6.14. The van der Waals surface area contributed by atoms with Crippen LogP contribution < -0.4 is 0 Å². The highest BCUT2D eigenvalue weighted by atomic mass is 15.3. The summed E-state index contributed by atoms with van der Waals surface area (Å²) in [5, 5.41) is 17.9. The van der Waals surface area contributed by atoms with Crippen LogP contribution in [0.3, 0.4) is 0 Å². The molecule has 0 spiro atoms. The Hall–Kier alpha value is -2.13. The van der Waals surface area contributed by atoms with Crippen molar-refractivity contribution in [1.82, 2.24) is 24.5 Å². The first-order valence-corrected chi connectivity index (χ1v) is 7.78. The molecule has 0 unspecified atom stereocenters. The number of nitrogens with zero attached hydrogens (tertiary/aromatic N) is 6. The molecule has 0 saturated carbocycles. The van der Waals surface area contributed by atoms with Crippen molar-refractivity contribution >= 4 is 0 Å². The molecule has 116 valence electrons. The van der Waals surface area contributed by atoms with Crippen LogP contribution in [0.25, 0.3) is 0 Å². The van der Waals surface area contributed by atoms with Crippen molar-refractivity contribution in [3.8, 4) is 6.07 Å². The third kappa shape index (κ3) is 2.90. The topological polar surface area (TPSA) is 62.7 Å². The molecule has 2 aromatic heterocycles. The van der Waals surface area contributed by atoms with Gasteiger partial charge in [-0.3, -0.25) is 14.3 Å². The molecule has 0 saturated heterocycles. The van der Waals surface area contributed by atoms with E-state index in [4.69, 9.17) is 5.26 Å². The number of aromatic nitrogens is 4. The zero-order valence-corrected chi connectivity index (χ0v) is 13.5. The molecule has 6 heteroatoms. The van der Waals surface area contributed by atoms with Gasteiger partial charge >= 0.3 is 0 Å². The van der Waals surface area contributed by atoms with E-state index < -0.39 is 0 Å². The van der Waals surface area contributed by atoms with Crippen LogP contribution in [-0.4, -0.2) is 37.0 Å². The second-order valence-electron chi connectivity index (χ2n) is 6.14. The summed E-state index contributed by atoms with van der Waals surface area (Å²) in [5.74, 6) is 0. The van der Waals surface area contributed by atoms with Gasteiger partial charge in [0.15, 0.2) is 5.69 Å². The van der Waals surface area contributed by atoms with Crippen molar-refractivity contribution < 1.29 is 0 Å². The van der Waals surface area contributed by atoms with Crippen molar-refractivity contribution in [2.45, 2.75) is 52.9 Å². The lowest BCUT2D eigenvalue weighted by atomic mass is 10.2. The number of fused-ring (bicyclic) bond motifs is 1. The molecule has 0 amide bonds. The fraction of sp³-hybridized carbons (Fsp3) is 0.562. The van der Waals surface area contributed by atoms with E-state index in [1.54, 1.807) is 0 Å². The Bertz CT molecular complexity index is 705. The fourth-order valence-corrected chi connectivity index (χ4v) is 3.14. The number of nitriles is 1. The molecule has 0 aliphatic carbocycles. The minimum atomic E-state index is 0.394. The minimum Gasteiger partial charge on any atom is -0.293 e. The largest absolute Gasteiger partial charge is 0.293 e. The van der Waals surface area contributed by atoms with Crippen LogP contribution in [-0.2, 0) is 19.6 Å². The Morgan fingerprint density at radius 1 is 1.27 bits per heavy atom. The van der Waals surface area contributed by atoms with Crippen molar-refractivity contribution in [2.75, 3.05) is 6.54 Å². The maximum Gasteiger partial charge on any atom is 0.162 e. The van der Waals surface area contributed by atoms with Gasteiger partial charge in [0.25, 0.3) is 0 Å². The van der Waals surface area contributed by atoms with Crippen molar-refractivity contribution in [2.24, 2.45) is 0 Å². The average molecular weight is 298 g/mol. The maximum atomic E-state index is 9.01. The normalized spacial score (nSPS) is 16.8. The molecular formula is C16H22N6. The highest BCUT2D eigenvalue weighted by Gasteiger charge is 2.21. The second kappa shape index (κ2) is 5.93. The monoisotopic (exact) mass is 298 g/mol. The summed E-state index contributed by atoms with van der Waals surface area (Å²) in [6.07, 6.45) is 1.06. The summed E-state index contributed by atoms with van der Waals surface area (Å²) in [6.45, 7) is 10.0. The van der Waals surface area contributed by atoms with E-state index in [9.17, 15) is 0 Å². The van der Waals surface area contributed by atoms with Gasteiger partial charge < -0.3 is 0 Å². The summed E-state index contributed by atoms with van der Waals surface area (Å²) in [4.78, 5) is 2.46. The fourth-order valence-electron chi connectivity index (χ4n) is 3.14. The molecule has 0 aromatic carbocycles. The third-order valence-corrected chi connectivity index (χ3v) is 4.32. The first-order valence-electron chi connectivity index (χ1n) is 7.78. The van der Waals surface area contributed by atoms with Crippen LogP contribution in [0.5, 0.6) is 0 Å². The van der Waals surface area contributed by atoms with Crippen LogP contribution in [0.2, 0.25) is 0 Å². The summed E-state index contributed by atoms with van der Waals surface area (Å²) < 4.78 is 4.07. The van der Waals surface area contributed by atoms with Gasteiger partial charge in [-0.2, -0.15) is 15.5 Å².